The number of rotatable bonds is 8. The molecule has 0 bridgehead atoms. The van der Waals surface area contributed by atoms with Gasteiger partial charge in [0.2, 0.25) is 0 Å². The number of carbonyl (C=O) groups is 1. The molecule has 5 heteroatoms. The number of hydrogen-bond acceptors (Lipinski definition) is 5. The summed E-state index contributed by atoms with van der Waals surface area (Å²) < 4.78 is 15.2. The number of carbonyl (C=O) groups excluding carboxylic acids is 1. The number of hydrogen-bond donors (Lipinski definition) is 1. The highest BCUT2D eigenvalue weighted by molar-refractivity contribution is 5.81. The van der Waals surface area contributed by atoms with Crippen LogP contribution in [0.4, 0.5) is 0 Å². The van der Waals surface area contributed by atoms with Crippen molar-refractivity contribution in [1.82, 2.24) is 5.32 Å². The molecule has 0 aromatic heterocycles. The first-order chi connectivity index (χ1) is 9.71. The van der Waals surface area contributed by atoms with E-state index < -0.39 is 0 Å². The summed E-state index contributed by atoms with van der Waals surface area (Å²) in [5, 5.41) is 3.20. The highest BCUT2D eigenvalue weighted by atomic mass is 16.5. The second-order valence-corrected chi connectivity index (χ2v) is 3.97. The summed E-state index contributed by atoms with van der Waals surface area (Å²) >= 11 is 0. The summed E-state index contributed by atoms with van der Waals surface area (Å²) in [6.07, 6.45) is 3.16. The summed E-state index contributed by atoms with van der Waals surface area (Å²) in [5.74, 6) is 1.09. The van der Waals surface area contributed by atoms with Gasteiger partial charge in [0.1, 0.15) is 0 Å². The van der Waals surface area contributed by atoms with Gasteiger partial charge in [-0.1, -0.05) is 12.1 Å². The fraction of sp³-hybridized carbons (Fsp3) is 0.400. The Balaban J connectivity index is 2.40. The molecule has 0 fully saturated rings. The third-order valence-corrected chi connectivity index (χ3v) is 2.58. The molecular weight excluding hydrogens is 258 g/mol. The van der Waals surface area contributed by atoms with E-state index >= 15 is 0 Å². The fourth-order valence-corrected chi connectivity index (χ4v) is 1.64. The van der Waals surface area contributed by atoms with Gasteiger partial charge in [-0.3, -0.25) is 0 Å². The van der Waals surface area contributed by atoms with Crippen LogP contribution in [0.1, 0.15) is 12.5 Å². The molecule has 0 saturated heterocycles. The monoisotopic (exact) mass is 279 g/mol. The highest BCUT2D eigenvalue weighted by Crippen LogP contribution is 2.27. The summed E-state index contributed by atoms with van der Waals surface area (Å²) in [6.45, 7) is 3.43. The first kappa shape index (κ1) is 16.0. The first-order valence-electron chi connectivity index (χ1n) is 6.46. The van der Waals surface area contributed by atoms with E-state index in [-0.39, 0.29) is 5.97 Å². The Kier molecular flexibility index (Phi) is 7.21. The molecule has 0 atom stereocenters. The molecule has 0 spiro atoms. The zero-order chi connectivity index (χ0) is 14.8. The maximum atomic E-state index is 11.1. The molecule has 0 saturated carbocycles. The smallest absolute Gasteiger partial charge is 0.330 e. The molecule has 0 unspecified atom stereocenters. The van der Waals surface area contributed by atoms with Gasteiger partial charge in [-0.05, 0) is 24.6 Å². The van der Waals surface area contributed by atoms with E-state index in [1.807, 2.05) is 18.2 Å². The Morgan fingerprint density at radius 2 is 2.00 bits per heavy atom. The van der Waals surface area contributed by atoms with Crippen molar-refractivity contribution in [3.05, 3.63) is 35.9 Å². The van der Waals surface area contributed by atoms with Crippen molar-refractivity contribution >= 4 is 5.97 Å². The molecule has 0 radical (unpaired) electrons. The molecule has 20 heavy (non-hydrogen) atoms. The average molecular weight is 279 g/mol. The van der Waals surface area contributed by atoms with Crippen molar-refractivity contribution in [1.29, 1.82) is 0 Å². The Labute approximate surface area is 119 Å². The number of benzene rings is 1. The zero-order valence-corrected chi connectivity index (χ0v) is 12.1. The van der Waals surface area contributed by atoms with Crippen LogP contribution in [0.3, 0.4) is 0 Å². The molecule has 1 rings (SSSR count). The van der Waals surface area contributed by atoms with Gasteiger partial charge >= 0.3 is 5.97 Å². The van der Waals surface area contributed by atoms with Gasteiger partial charge in [0, 0.05) is 19.2 Å². The molecular formula is C15H21NO4. The van der Waals surface area contributed by atoms with Crippen molar-refractivity contribution in [3.63, 3.8) is 0 Å². The average Bonchev–Trinajstić information content (AvgIpc) is 2.47. The van der Waals surface area contributed by atoms with E-state index in [0.29, 0.717) is 31.2 Å². The van der Waals surface area contributed by atoms with E-state index in [4.69, 9.17) is 14.2 Å². The Hall–Kier alpha value is -2.01. The molecule has 5 nitrogen and oxygen atoms in total. The summed E-state index contributed by atoms with van der Waals surface area (Å²) in [6, 6.07) is 5.74. The molecule has 0 aliphatic rings. The van der Waals surface area contributed by atoms with Gasteiger partial charge in [0.05, 0.1) is 20.8 Å². The maximum absolute atomic E-state index is 11.1. The van der Waals surface area contributed by atoms with Gasteiger partial charge in [0.25, 0.3) is 0 Å². The summed E-state index contributed by atoms with van der Waals surface area (Å²) in [5.41, 5.74) is 1.08. The van der Waals surface area contributed by atoms with E-state index in [2.05, 4.69) is 5.32 Å². The number of esters is 1. The predicted octanol–water partition coefficient (Wildman–Crippen LogP) is 1.91. The first-order valence-corrected chi connectivity index (χ1v) is 6.46. The molecule has 1 N–H and O–H groups in total. The number of ether oxygens (including phenoxy) is 3. The van der Waals surface area contributed by atoms with Crippen LogP contribution < -0.4 is 14.8 Å². The lowest BCUT2D eigenvalue weighted by molar-refractivity contribution is -0.137. The van der Waals surface area contributed by atoms with E-state index in [1.54, 1.807) is 27.2 Å². The van der Waals surface area contributed by atoms with Crippen molar-refractivity contribution in [2.75, 3.05) is 27.4 Å². The molecule has 0 amide bonds. The topological polar surface area (TPSA) is 56.8 Å². The van der Waals surface area contributed by atoms with Crippen LogP contribution in [0.5, 0.6) is 11.5 Å². The van der Waals surface area contributed by atoms with Crippen molar-refractivity contribution in [3.8, 4) is 11.5 Å². The lowest BCUT2D eigenvalue weighted by Crippen LogP contribution is -2.13. The molecule has 1 aromatic carbocycles. The zero-order valence-electron chi connectivity index (χ0n) is 12.1. The van der Waals surface area contributed by atoms with Crippen LogP contribution in [0, 0.1) is 0 Å². The Morgan fingerprint density at radius 3 is 2.65 bits per heavy atom. The van der Waals surface area contributed by atoms with Crippen LogP contribution in [0.15, 0.2) is 30.4 Å². The number of methoxy groups -OCH3 is 2. The molecule has 0 aliphatic carbocycles. The van der Waals surface area contributed by atoms with Gasteiger partial charge < -0.3 is 19.5 Å². The van der Waals surface area contributed by atoms with Crippen LogP contribution in [-0.4, -0.2) is 33.3 Å². The van der Waals surface area contributed by atoms with Gasteiger partial charge in [-0.2, -0.15) is 0 Å². The van der Waals surface area contributed by atoms with E-state index in [1.165, 1.54) is 6.08 Å². The van der Waals surface area contributed by atoms with Crippen LogP contribution >= 0.6 is 0 Å². The second kappa shape index (κ2) is 8.98. The van der Waals surface area contributed by atoms with Crippen LogP contribution in [-0.2, 0) is 16.1 Å². The second-order valence-electron chi connectivity index (χ2n) is 3.97. The van der Waals surface area contributed by atoms with E-state index in [0.717, 1.165) is 5.56 Å². The lowest BCUT2D eigenvalue weighted by atomic mass is 10.2. The lowest BCUT2D eigenvalue weighted by Gasteiger charge is -2.09. The quantitative estimate of drug-likeness (QED) is 0.447. The highest BCUT2D eigenvalue weighted by Gasteiger charge is 2.03. The van der Waals surface area contributed by atoms with Crippen LogP contribution in [0.25, 0.3) is 0 Å². The summed E-state index contributed by atoms with van der Waals surface area (Å²) in [7, 11) is 3.22. The van der Waals surface area contributed by atoms with E-state index in [9.17, 15) is 4.79 Å². The maximum Gasteiger partial charge on any atom is 0.330 e. The fourth-order valence-electron chi connectivity index (χ4n) is 1.64. The Morgan fingerprint density at radius 1 is 1.25 bits per heavy atom. The van der Waals surface area contributed by atoms with Crippen molar-refractivity contribution < 1.29 is 19.0 Å². The molecule has 110 valence electrons. The van der Waals surface area contributed by atoms with Gasteiger partial charge in [0.15, 0.2) is 11.5 Å². The predicted molar refractivity (Wildman–Crippen MR) is 77.0 cm³/mol. The number of nitrogens with one attached hydrogen (secondary N) is 1. The minimum atomic E-state index is -0.319. The standard InChI is InChI=1S/C15H21NO4/c1-4-20-15(17)6-5-9-16-11-12-7-8-13(18-2)14(10-12)19-3/h5-8,10,16H,4,9,11H2,1-3H3/b6-5+. The van der Waals surface area contributed by atoms with Gasteiger partial charge in [-0.25, -0.2) is 4.79 Å². The minimum Gasteiger partial charge on any atom is -0.493 e. The molecule has 0 aliphatic heterocycles. The molecule has 0 heterocycles. The minimum absolute atomic E-state index is 0.319. The van der Waals surface area contributed by atoms with Gasteiger partial charge in [-0.15, -0.1) is 0 Å². The third-order valence-electron chi connectivity index (χ3n) is 2.58. The van der Waals surface area contributed by atoms with Crippen LogP contribution in [0.2, 0.25) is 0 Å². The SMILES string of the molecule is CCOC(=O)/C=C/CNCc1ccc(OC)c(OC)c1. The normalized spacial score (nSPS) is 10.6. The van der Waals surface area contributed by atoms with Crippen molar-refractivity contribution in [2.45, 2.75) is 13.5 Å². The molecule has 1 aromatic rings. The Bertz CT molecular complexity index is 457. The third kappa shape index (κ3) is 5.32. The summed E-state index contributed by atoms with van der Waals surface area (Å²) in [4.78, 5) is 11.1. The van der Waals surface area contributed by atoms with Crippen molar-refractivity contribution in [2.24, 2.45) is 0 Å². The largest absolute Gasteiger partial charge is 0.493 e.